The number of pyridine rings is 1. The van der Waals surface area contributed by atoms with Gasteiger partial charge in [0.25, 0.3) is 0 Å². The summed E-state index contributed by atoms with van der Waals surface area (Å²) in [6.07, 6.45) is 2.92. The van der Waals surface area contributed by atoms with Crippen molar-refractivity contribution >= 4 is 17.3 Å². The van der Waals surface area contributed by atoms with E-state index in [4.69, 9.17) is 17.2 Å². The molecule has 3 heterocycles. The Labute approximate surface area is 203 Å². The quantitative estimate of drug-likeness (QED) is 0.500. The fourth-order valence-corrected chi connectivity index (χ4v) is 5.29. The number of nitrogens with zero attached hydrogens (tertiary/aromatic N) is 4. The Morgan fingerprint density at radius 1 is 1.06 bits per heavy atom. The van der Waals surface area contributed by atoms with Gasteiger partial charge in [-0.1, -0.05) is 18.2 Å². The number of nitrogens with one attached hydrogen (secondary N) is 1. The average molecular weight is 462 g/mol. The maximum absolute atomic E-state index is 5.85. The van der Waals surface area contributed by atoms with Crippen molar-refractivity contribution in [3.05, 3.63) is 82.4 Å². The van der Waals surface area contributed by atoms with E-state index >= 15 is 0 Å². The lowest BCUT2D eigenvalue weighted by molar-refractivity contribution is 0.292. The van der Waals surface area contributed by atoms with Gasteiger partial charge in [0.2, 0.25) is 0 Å². The van der Waals surface area contributed by atoms with Gasteiger partial charge >= 0.3 is 0 Å². The molecule has 0 amide bonds. The second-order valence-corrected chi connectivity index (χ2v) is 9.82. The van der Waals surface area contributed by atoms with Gasteiger partial charge in [-0.05, 0) is 108 Å². The van der Waals surface area contributed by atoms with Crippen molar-refractivity contribution in [3.8, 4) is 5.69 Å². The Balaban J connectivity index is 1.80. The topological polar surface area (TPSA) is 36.3 Å². The second kappa shape index (κ2) is 9.65. The van der Waals surface area contributed by atoms with Crippen molar-refractivity contribution in [1.82, 2.24) is 24.7 Å². The first-order valence-corrected chi connectivity index (χ1v) is 12.1. The lowest BCUT2D eigenvalue weighted by Crippen LogP contribution is -2.32. The van der Waals surface area contributed by atoms with Crippen LogP contribution in [-0.4, -0.2) is 51.6 Å². The molecule has 1 fully saturated rings. The maximum atomic E-state index is 5.85. The summed E-state index contributed by atoms with van der Waals surface area (Å²) in [5.74, 6) is 0. The largest absolute Gasteiger partial charge is 0.352 e. The Morgan fingerprint density at radius 3 is 2.55 bits per heavy atom. The molecule has 5 nitrogen and oxygen atoms in total. The van der Waals surface area contributed by atoms with Crippen LogP contribution in [0, 0.1) is 27.7 Å². The molecule has 33 heavy (non-hydrogen) atoms. The van der Waals surface area contributed by atoms with E-state index in [0.717, 1.165) is 30.3 Å². The molecule has 0 unspecified atom stereocenters. The molecule has 0 radical (unpaired) electrons. The SMILES string of the molecule is Cc1ccc(C)c(-n2c(C)cc([C@@H]3[C@@H](c4ccccn4)NC(=S)N3CCCN(C)C)c2C)c1. The minimum Gasteiger partial charge on any atom is -0.352 e. The Hall–Kier alpha value is -2.70. The number of hydrogen-bond acceptors (Lipinski definition) is 3. The van der Waals surface area contributed by atoms with Crippen LogP contribution < -0.4 is 5.32 Å². The molecule has 3 aromatic rings. The highest BCUT2D eigenvalue weighted by molar-refractivity contribution is 7.80. The van der Waals surface area contributed by atoms with E-state index in [1.165, 1.54) is 33.8 Å². The van der Waals surface area contributed by atoms with Crippen LogP contribution in [0.3, 0.4) is 0 Å². The molecular formula is C27H35N5S. The van der Waals surface area contributed by atoms with Gasteiger partial charge in [0.05, 0.1) is 17.8 Å². The summed E-state index contributed by atoms with van der Waals surface area (Å²) in [6.45, 7) is 10.7. The zero-order valence-electron chi connectivity index (χ0n) is 20.6. The molecule has 0 aliphatic carbocycles. The zero-order valence-corrected chi connectivity index (χ0v) is 21.4. The lowest BCUT2D eigenvalue weighted by atomic mass is 9.96. The first kappa shape index (κ1) is 23.5. The molecule has 1 N–H and O–H groups in total. The summed E-state index contributed by atoms with van der Waals surface area (Å²) in [4.78, 5) is 9.29. The van der Waals surface area contributed by atoms with Gasteiger partial charge in [0.15, 0.2) is 5.11 Å². The molecule has 0 spiro atoms. The number of thiocarbonyl (C=S) groups is 1. The first-order chi connectivity index (χ1) is 15.8. The van der Waals surface area contributed by atoms with E-state index < -0.39 is 0 Å². The van der Waals surface area contributed by atoms with E-state index in [1.807, 2.05) is 12.3 Å². The summed E-state index contributed by atoms with van der Waals surface area (Å²) in [5, 5.41) is 4.41. The Morgan fingerprint density at radius 2 is 1.85 bits per heavy atom. The predicted molar refractivity (Wildman–Crippen MR) is 140 cm³/mol. The van der Waals surface area contributed by atoms with Crippen LogP contribution in [-0.2, 0) is 0 Å². The molecule has 1 aromatic carbocycles. The summed E-state index contributed by atoms with van der Waals surface area (Å²) < 4.78 is 2.40. The normalized spacial score (nSPS) is 18.3. The maximum Gasteiger partial charge on any atom is 0.170 e. The predicted octanol–water partition coefficient (Wildman–Crippen LogP) is 5.03. The Kier molecular flexibility index (Phi) is 6.86. The monoisotopic (exact) mass is 461 g/mol. The number of hydrogen-bond donors (Lipinski definition) is 1. The van der Waals surface area contributed by atoms with Gasteiger partial charge in [-0.3, -0.25) is 4.98 Å². The van der Waals surface area contributed by atoms with Crippen molar-refractivity contribution in [1.29, 1.82) is 0 Å². The molecule has 0 bridgehead atoms. The van der Waals surface area contributed by atoms with E-state index in [0.29, 0.717) is 0 Å². The number of rotatable bonds is 7. The number of aromatic nitrogens is 2. The second-order valence-electron chi connectivity index (χ2n) is 9.43. The summed E-state index contributed by atoms with van der Waals surface area (Å²) >= 11 is 5.85. The minimum atomic E-state index is 0.0191. The van der Waals surface area contributed by atoms with Crippen molar-refractivity contribution in [2.45, 2.75) is 46.2 Å². The van der Waals surface area contributed by atoms with Crippen molar-refractivity contribution in [2.24, 2.45) is 0 Å². The molecular weight excluding hydrogens is 426 g/mol. The molecule has 6 heteroatoms. The van der Waals surface area contributed by atoms with E-state index in [9.17, 15) is 0 Å². The van der Waals surface area contributed by atoms with Gasteiger partial charge in [-0.2, -0.15) is 0 Å². The van der Waals surface area contributed by atoms with E-state index in [1.54, 1.807) is 0 Å². The fourth-order valence-electron chi connectivity index (χ4n) is 4.96. The van der Waals surface area contributed by atoms with Crippen LogP contribution in [0.1, 0.15) is 52.3 Å². The third-order valence-electron chi connectivity index (χ3n) is 6.60. The van der Waals surface area contributed by atoms with Crippen molar-refractivity contribution in [3.63, 3.8) is 0 Å². The minimum absolute atomic E-state index is 0.0191. The third kappa shape index (κ3) is 4.68. The van der Waals surface area contributed by atoms with E-state index in [-0.39, 0.29) is 12.1 Å². The number of benzene rings is 1. The molecule has 0 saturated carbocycles. The van der Waals surface area contributed by atoms with Crippen molar-refractivity contribution in [2.75, 3.05) is 27.2 Å². The molecule has 1 aliphatic rings. The fraction of sp³-hybridized carbons (Fsp3) is 0.407. The highest BCUT2D eigenvalue weighted by atomic mass is 32.1. The van der Waals surface area contributed by atoms with Gasteiger partial charge < -0.3 is 19.7 Å². The molecule has 4 rings (SSSR count). The zero-order chi connectivity index (χ0) is 23.7. The molecule has 1 saturated heterocycles. The smallest absolute Gasteiger partial charge is 0.170 e. The Bertz CT molecular complexity index is 1130. The molecule has 2 aromatic heterocycles. The third-order valence-corrected chi connectivity index (χ3v) is 6.95. The van der Waals surface area contributed by atoms with Crippen LogP contribution in [0.15, 0.2) is 48.7 Å². The van der Waals surface area contributed by atoms with E-state index in [2.05, 4.69) is 97.9 Å². The van der Waals surface area contributed by atoms with Gasteiger partial charge in [0, 0.05) is 29.8 Å². The van der Waals surface area contributed by atoms with Crippen molar-refractivity contribution < 1.29 is 0 Å². The standard InChI is InChI=1S/C27H35N5S/c1-18-11-12-19(2)24(16-18)32-20(3)17-22(21(32)4)26-25(23-10-7-8-13-28-23)29-27(33)31(26)15-9-14-30(5)6/h7-8,10-13,16-17,25-26H,9,14-15H2,1-6H3,(H,29,33)/t25-,26-/m1/s1. The summed E-state index contributed by atoms with van der Waals surface area (Å²) in [6, 6.07) is 15.2. The van der Waals surface area contributed by atoms with Gasteiger partial charge in [-0.25, -0.2) is 0 Å². The van der Waals surface area contributed by atoms with Crippen LogP contribution >= 0.6 is 12.2 Å². The van der Waals surface area contributed by atoms with Crippen LogP contribution in [0.2, 0.25) is 0 Å². The lowest BCUT2D eigenvalue weighted by Gasteiger charge is -2.28. The molecule has 2 atom stereocenters. The molecule has 174 valence electrons. The van der Waals surface area contributed by atoms with Gasteiger partial charge in [-0.15, -0.1) is 0 Å². The summed E-state index contributed by atoms with van der Waals surface area (Å²) in [7, 11) is 4.24. The van der Waals surface area contributed by atoms with Crippen LogP contribution in [0.4, 0.5) is 0 Å². The summed E-state index contributed by atoms with van der Waals surface area (Å²) in [5.41, 5.74) is 8.62. The van der Waals surface area contributed by atoms with Gasteiger partial charge in [0.1, 0.15) is 0 Å². The molecule has 1 aliphatic heterocycles. The van der Waals surface area contributed by atoms with Crippen LogP contribution in [0.5, 0.6) is 0 Å². The highest BCUT2D eigenvalue weighted by Crippen LogP contribution is 2.41. The van der Waals surface area contributed by atoms with Crippen LogP contribution in [0.25, 0.3) is 5.69 Å². The average Bonchev–Trinajstić information content (AvgIpc) is 3.25. The highest BCUT2D eigenvalue weighted by Gasteiger charge is 2.41. The number of aryl methyl sites for hydroxylation is 3. The first-order valence-electron chi connectivity index (χ1n) is 11.7.